The van der Waals surface area contributed by atoms with Crippen molar-refractivity contribution in [3.8, 4) is 0 Å². The fourth-order valence-electron chi connectivity index (χ4n) is 4.69. The van der Waals surface area contributed by atoms with Gasteiger partial charge in [-0.15, -0.1) is 5.10 Å². The van der Waals surface area contributed by atoms with Crippen LogP contribution >= 0.6 is 0 Å². The van der Waals surface area contributed by atoms with E-state index >= 15 is 0 Å². The fraction of sp³-hybridized carbons (Fsp3) is 0.550. The lowest BCUT2D eigenvalue weighted by molar-refractivity contribution is -0.119. The Hall–Kier alpha value is -2.66. The zero-order chi connectivity index (χ0) is 22.5. The number of aromatic amines is 1. The molecule has 10 nitrogen and oxygen atoms in total. The zero-order valence-corrected chi connectivity index (χ0v) is 18.8. The third-order valence-electron chi connectivity index (χ3n) is 6.33. The van der Waals surface area contributed by atoms with Crippen molar-refractivity contribution in [3.63, 3.8) is 0 Å². The van der Waals surface area contributed by atoms with Crippen LogP contribution in [0.5, 0.6) is 0 Å². The van der Waals surface area contributed by atoms with Crippen LogP contribution in [0.4, 0.5) is 5.69 Å². The van der Waals surface area contributed by atoms with Gasteiger partial charge in [-0.25, -0.2) is 14.2 Å². The Balaban J connectivity index is 1.74. The Morgan fingerprint density at radius 2 is 1.94 bits per heavy atom. The summed E-state index contributed by atoms with van der Waals surface area (Å²) < 4.78 is 35.6. The van der Waals surface area contributed by atoms with Gasteiger partial charge in [-0.3, -0.25) is 4.79 Å². The van der Waals surface area contributed by atoms with E-state index in [0.29, 0.717) is 18.5 Å². The minimum absolute atomic E-state index is 0.0428. The van der Waals surface area contributed by atoms with Crippen molar-refractivity contribution >= 4 is 21.8 Å². The molecule has 2 aliphatic heterocycles. The molecule has 0 radical (unpaired) electrons. The van der Waals surface area contributed by atoms with Crippen LogP contribution in [0.25, 0.3) is 0 Å². The van der Waals surface area contributed by atoms with Crippen LogP contribution in [0.3, 0.4) is 0 Å². The minimum atomic E-state index is -3.94. The number of carbonyl (C=O) groups excluding carboxylic acids is 1. The smallest absolute Gasteiger partial charge is 0.390 e. The summed E-state index contributed by atoms with van der Waals surface area (Å²) in [6, 6.07) is 2.89. The van der Waals surface area contributed by atoms with E-state index < -0.39 is 22.0 Å². The molecule has 3 heterocycles. The number of piperidine rings is 1. The molecule has 4 rings (SSSR count). The molecule has 1 saturated heterocycles. The first-order valence-electron chi connectivity index (χ1n) is 10.3. The molecule has 0 saturated carbocycles. The van der Waals surface area contributed by atoms with Crippen molar-refractivity contribution in [2.45, 2.75) is 58.5 Å². The molecule has 0 bridgehead atoms. The predicted octanol–water partition coefficient (Wildman–Crippen LogP) is 1.49. The van der Waals surface area contributed by atoms with E-state index in [2.05, 4.69) is 15.5 Å². The van der Waals surface area contributed by atoms with Crippen LogP contribution < -0.4 is 15.4 Å². The van der Waals surface area contributed by atoms with E-state index in [4.69, 9.17) is 4.42 Å². The molecule has 1 amide bonds. The topological polar surface area (TPSA) is 129 Å². The van der Waals surface area contributed by atoms with Crippen LogP contribution in [0.1, 0.15) is 61.2 Å². The Morgan fingerprint density at radius 1 is 1.26 bits per heavy atom. The van der Waals surface area contributed by atoms with Gasteiger partial charge in [0.1, 0.15) is 6.04 Å². The molecule has 168 valence electrons. The fourth-order valence-corrected chi connectivity index (χ4v) is 6.58. The highest BCUT2D eigenvalue weighted by molar-refractivity contribution is 7.90. The summed E-state index contributed by atoms with van der Waals surface area (Å²) in [6.45, 7) is 7.90. The number of aryl methyl sites for hydroxylation is 1. The molecule has 2 unspecified atom stereocenters. The summed E-state index contributed by atoms with van der Waals surface area (Å²) in [4.78, 5) is 23.0. The summed E-state index contributed by atoms with van der Waals surface area (Å²) in [5, 5.41) is 9.07. The molecule has 2 atom stereocenters. The maximum atomic E-state index is 13.8. The number of nitrogens with zero attached hydrogens (tertiary/aromatic N) is 3. The number of rotatable bonds is 4. The molecule has 0 spiro atoms. The van der Waals surface area contributed by atoms with Crippen molar-refractivity contribution in [1.29, 1.82) is 0 Å². The second-order valence-electron chi connectivity index (χ2n) is 8.30. The van der Waals surface area contributed by atoms with E-state index in [1.807, 2.05) is 26.8 Å². The van der Waals surface area contributed by atoms with Crippen molar-refractivity contribution in [2.24, 2.45) is 0 Å². The van der Waals surface area contributed by atoms with Crippen LogP contribution in [0, 0.1) is 13.8 Å². The van der Waals surface area contributed by atoms with Crippen LogP contribution in [0.15, 0.2) is 21.3 Å². The van der Waals surface area contributed by atoms with Crippen molar-refractivity contribution in [1.82, 2.24) is 19.8 Å². The van der Waals surface area contributed by atoms with E-state index in [9.17, 15) is 18.0 Å². The molecule has 1 aromatic carbocycles. The molecular formula is C20H27N5O5S. The normalized spacial score (nSPS) is 22.5. The minimum Gasteiger partial charge on any atom is -0.390 e. The Bertz CT molecular complexity index is 1160. The average molecular weight is 450 g/mol. The highest BCUT2D eigenvalue weighted by atomic mass is 32.2. The van der Waals surface area contributed by atoms with Gasteiger partial charge in [0.05, 0.1) is 5.69 Å². The molecule has 2 N–H and O–H groups in total. The molecule has 2 aliphatic rings. The van der Waals surface area contributed by atoms with Crippen molar-refractivity contribution < 1.29 is 17.6 Å². The number of benzene rings is 1. The first-order chi connectivity index (χ1) is 14.6. The summed E-state index contributed by atoms with van der Waals surface area (Å²) in [6.07, 6.45) is 1.06. The number of H-pyrrole nitrogens is 1. The summed E-state index contributed by atoms with van der Waals surface area (Å²) >= 11 is 0. The highest BCUT2D eigenvalue weighted by Crippen LogP contribution is 2.51. The number of aromatic nitrogens is 2. The third-order valence-corrected chi connectivity index (χ3v) is 8.26. The summed E-state index contributed by atoms with van der Waals surface area (Å²) in [7, 11) is -3.94. The predicted molar refractivity (Wildman–Crippen MR) is 114 cm³/mol. The van der Waals surface area contributed by atoms with Crippen LogP contribution in [0.2, 0.25) is 0 Å². The van der Waals surface area contributed by atoms with Gasteiger partial charge in [-0.1, -0.05) is 13.0 Å². The SMILES string of the molecule is CC(=O)NC1CCN(S(=O)(=O)N2c3ccc(C)c(C)c3C(C)C2c2n[nH]c(=O)o2)CC1. The van der Waals surface area contributed by atoms with Crippen molar-refractivity contribution in [3.05, 3.63) is 45.3 Å². The van der Waals surface area contributed by atoms with E-state index in [1.54, 1.807) is 6.07 Å². The van der Waals surface area contributed by atoms with Gasteiger partial charge in [0, 0.05) is 32.0 Å². The lowest BCUT2D eigenvalue weighted by atomic mass is 9.91. The summed E-state index contributed by atoms with van der Waals surface area (Å²) in [5.41, 5.74) is 3.56. The number of fused-ring (bicyclic) bond motifs is 1. The standard InChI is InChI=1S/C20H27N5O5S/c1-11-5-6-16-17(12(11)2)13(3)18(19-22-23-20(27)30-19)25(16)31(28,29)24-9-7-15(8-10-24)21-14(4)26/h5-6,13,15,18H,7-10H2,1-4H3,(H,21,26)(H,23,27). The Kier molecular flexibility index (Phi) is 5.42. The van der Waals surface area contributed by atoms with Gasteiger partial charge < -0.3 is 9.73 Å². The quantitative estimate of drug-likeness (QED) is 0.728. The van der Waals surface area contributed by atoms with E-state index in [1.165, 1.54) is 15.5 Å². The second kappa shape index (κ2) is 7.79. The maximum Gasteiger partial charge on any atom is 0.434 e. The molecule has 0 aliphatic carbocycles. The zero-order valence-electron chi connectivity index (χ0n) is 18.0. The molecule has 1 aromatic heterocycles. The number of anilines is 1. The van der Waals surface area contributed by atoms with Gasteiger partial charge in [-0.05, 0) is 49.4 Å². The number of carbonyl (C=O) groups is 1. The van der Waals surface area contributed by atoms with Gasteiger partial charge in [0.15, 0.2) is 0 Å². The number of hydrogen-bond donors (Lipinski definition) is 2. The number of nitrogens with one attached hydrogen (secondary N) is 2. The van der Waals surface area contributed by atoms with E-state index in [0.717, 1.165) is 16.7 Å². The number of hydrogen-bond acceptors (Lipinski definition) is 6. The van der Waals surface area contributed by atoms with Gasteiger partial charge in [0.2, 0.25) is 11.8 Å². The largest absolute Gasteiger partial charge is 0.434 e. The Morgan fingerprint density at radius 3 is 2.52 bits per heavy atom. The Labute approximate surface area is 180 Å². The van der Waals surface area contributed by atoms with Gasteiger partial charge in [-0.2, -0.15) is 12.7 Å². The molecule has 1 fully saturated rings. The second-order valence-corrected chi connectivity index (χ2v) is 10.1. The monoisotopic (exact) mass is 449 g/mol. The average Bonchev–Trinajstić information content (AvgIpc) is 3.26. The molecule has 2 aromatic rings. The van der Waals surface area contributed by atoms with Crippen LogP contribution in [-0.4, -0.2) is 48.0 Å². The molecule has 11 heteroatoms. The lowest BCUT2D eigenvalue weighted by Gasteiger charge is -2.36. The van der Waals surface area contributed by atoms with Crippen LogP contribution in [-0.2, 0) is 15.0 Å². The van der Waals surface area contributed by atoms with Crippen molar-refractivity contribution in [2.75, 3.05) is 17.4 Å². The number of amides is 1. The van der Waals surface area contributed by atoms with E-state index in [-0.39, 0.29) is 36.8 Å². The van der Waals surface area contributed by atoms with Gasteiger partial charge in [0.25, 0.3) is 0 Å². The lowest BCUT2D eigenvalue weighted by Crippen LogP contribution is -2.51. The summed E-state index contributed by atoms with van der Waals surface area (Å²) in [5.74, 6) is -1.06. The molecular weight excluding hydrogens is 422 g/mol. The van der Waals surface area contributed by atoms with Gasteiger partial charge >= 0.3 is 16.0 Å². The first kappa shape index (κ1) is 21.6. The third kappa shape index (κ3) is 3.65. The highest BCUT2D eigenvalue weighted by Gasteiger charge is 2.49. The maximum absolute atomic E-state index is 13.8. The first-order valence-corrected chi connectivity index (χ1v) is 11.7. The molecule has 31 heavy (non-hydrogen) atoms.